The quantitative estimate of drug-likeness (QED) is 0.708. The van der Waals surface area contributed by atoms with Gasteiger partial charge in [0.1, 0.15) is 16.6 Å². The number of hydrogen-bond donors (Lipinski definition) is 2. The lowest BCUT2D eigenvalue weighted by Crippen LogP contribution is -2.10. The molecule has 5 nitrogen and oxygen atoms in total. The van der Waals surface area contributed by atoms with Gasteiger partial charge in [0.2, 0.25) is 0 Å². The van der Waals surface area contributed by atoms with Crippen molar-refractivity contribution in [3.05, 3.63) is 56.4 Å². The molecule has 2 heterocycles. The lowest BCUT2D eigenvalue weighted by atomic mass is 10.1. The number of allylic oxidation sites excluding steroid dienone is 1. The molecule has 0 bridgehead atoms. The molecule has 6 heteroatoms. The van der Waals surface area contributed by atoms with Crippen LogP contribution in [0.1, 0.15) is 21.8 Å². The Labute approximate surface area is 136 Å². The van der Waals surface area contributed by atoms with Gasteiger partial charge in [-0.1, -0.05) is 12.1 Å². The molecule has 1 aromatic carbocycles. The topological polar surface area (TPSA) is 89.8 Å². The van der Waals surface area contributed by atoms with Crippen LogP contribution < -0.4 is 5.56 Å². The molecule has 0 unspecified atom stereocenters. The van der Waals surface area contributed by atoms with E-state index >= 15 is 0 Å². The standard InChI is InChI=1S/C17H13N3O2S/c1-9-10(2)23-17-14(9)16(22)19-15(20-17)12(8-18)6-11-4-3-5-13(21)7-11/h3-7,21H,1-2H3,(H,19,20,22)/b12-6+. The zero-order valence-corrected chi connectivity index (χ0v) is 13.4. The molecule has 114 valence electrons. The second-order valence-corrected chi connectivity index (χ2v) is 6.35. The van der Waals surface area contributed by atoms with Crippen LogP contribution in [0, 0.1) is 25.2 Å². The van der Waals surface area contributed by atoms with Gasteiger partial charge in [0, 0.05) is 4.88 Å². The number of nitrogens with zero attached hydrogens (tertiary/aromatic N) is 2. The Morgan fingerprint density at radius 1 is 1.43 bits per heavy atom. The van der Waals surface area contributed by atoms with E-state index in [4.69, 9.17) is 0 Å². The fourth-order valence-electron chi connectivity index (χ4n) is 2.32. The first kappa shape index (κ1) is 15.0. The number of hydrogen-bond acceptors (Lipinski definition) is 5. The Morgan fingerprint density at radius 3 is 2.91 bits per heavy atom. The Balaban J connectivity index is 2.18. The van der Waals surface area contributed by atoms with Gasteiger partial charge in [-0.2, -0.15) is 5.26 Å². The minimum Gasteiger partial charge on any atom is -0.508 e. The molecule has 0 atom stereocenters. The van der Waals surface area contributed by atoms with Crippen LogP contribution in [0.5, 0.6) is 5.75 Å². The highest BCUT2D eigenvalue weighted by molar-refractivity contribution is 7.18. The molecule has 2 aromatic heterocycles. The van der Waals surface area contributed by atoms with Crippen molar-refractivity contribution in [2.45, 2.75) is 13.8 Å². The molecule has 23 heavy (non-hydrogen) atoms. The zero-order valence-electron chi connectivity index (χ0n) is 12.5. The summed E-state index contributed by atoms with van der Waals surface area (Å²) in [5.41, 5.74) is 1.56. The van der Waals surface area contributed by atoms with Crippen LogP contribution in [0.2, 0.25) is 0 Å². The van der Waals surface area contributed by atoms with Gasteiger partial charge in [-0.3, -0.25) is 4.79 Å². The predicted molar refractivity (Wildman–Crippen MR) is 91.3 cm³/mol. The molecule has 0 saturated carbocycles. The second kappa shape index (κ2) is 5.71. The maximum absolute atomic E-state index is 12.3. The lowest BCUT2D eigenvalue weighted by Gasteiger charge is -2.00. The summed E-state index contributed by atoms with van der Waals surface area (Å²) in [6, 6.07) is 8.57. The molecule has 0 saturated heterocycles. The molecule has 0 aliphatic heterocycles. The van der Waals surface area contributed by atoms with Crippen molar-refractivity contribution in [2.24, 2.45) is 0 Å². The van der Waals surface area contributed by atoms with E-state index in [0.29, 0.717) is 15.8 Å². The van der Waals surface area contributed by atoms with Crippen LogP contribution in [-0.4, -0.2) is 15.1 Å². The van der Waals surface area contributed by atoms with Crippen LogP contribution >= 0.6 is 11.3 Å². The van der Waals surface area contributed by atoms with Crippen molar-refractivity contribution in [3.63, 3.8) is 0 Å². The average molecular weight is 323 g/mol. The first-order valence-electron chi connectivity index (χ1n) is 6.91. The molecular weight excluding hydrogens is 310 g/mol. The Bertz CT molecular complexity index is 1040. The summed E-state index contributed by atoms with van der Waals surface area (Å²) in [5, 5.41) is 19.5. The molecule has 0 aliphatic carbocycles. The fourth-order valence-corrected chi connectivity index (χ4v) is 3.35. The van der Waals surface area contributed by atoms with Crippen LogP contribution in [0.4, 0.5) is 0 Å². The molecule has 0 spiro atoms. The summed E-state index contributed by atoms with van der Waals surface area (Å²) < 4.78 is 0. The fraction of sp³-hybridized carbons (Fsp3) is 0.118. The number of aromatic nitrogens is 2. The van der Waals surface area contributed by atoms with E-state index in [1.807, 2.05) is 13.8 Å². The number of benzene rings is 1. The van der Waals surface area contributed by atoms with Crippen molar-refractivity contribution in [3.8, 4) is 11.8 Å². The monoisotopic (exact) mass is 323 g/mol. The number of aromatic amines is 1. The highest BCUT2D eigenvalue weighted by atomic mass is 32.1. The van der Waals surface area contributed by atoms with Gasteiger partial charge in [0.25, 0.3) is 5.56 Å². The van der Waals surface area contributed by atoms with E-state index in [1.165, 1.54) is 17.4 Å². The summed E-state index contributed by atoms with van der Waals surface area (Å²) in [7, 11) is 0. The van der Waals surface area contributed by atoms with E-state index < -0.39 is 0 Å². The number of aryl methyl sites for hydroxylation is 2. The van der Waals surface area contributed by atoms with Gasteiger partial charge < -0.3 is 10.1 Å². The third-order valence-corrected chi connectivity index (χ3v) is 4.70. The van der Waals surface area contributed by atoms with Crippen molar-refractivity contribution >= 4 is 33.2 Å². The van der Waals surface area contributed by atoms with Gasteiger partial charge >= 0.3 is 0 Å². The largest absolute Gasteiger partial charge is 0.508 e. The van der Waals surface area contributed by atoms with Gasteiger partial charge in [0.15, 0.2) is 5.82 Å². The number of fused-ring (bicyclic) bond motifs is 1. The maximum Gasteiger partial charge on any atom is 0.260 e. The van der Waals surface area contributed by atoms with E-state index in [-0.39, 0.29) is 22.7 Å². The van der Waals surface area contributed by atoms with Gasteiger partial charge in [-0.25, -0.2) is 4.98 Å². The summed E-state index contributed by atoms with van der Waals surface area (Å²) >= 11 is 1.44. The molecule has 0 radical (unpaired) electrons. The van der Waals surface area contributed by atoms with E-state index in [9.17, 15) is 15.2 Å². The van der Waals surface area contributed by atoms with Gasteiger partial charge in [-0.15, -0.1) is 11.3 Å². The number of rotatable bonds is 2. The smallest absolute Gasteiger partial charge is 0.260 e. The molecule has 0 aliphatic rings. The highest BCUT2D eigenvalue weighted by Gasteiger charge is 2.13. The molecule has 0 amide bonds. The SMILES string of the molecule is Cc1sc2nc(/C(C#N)=C/c3cccc(O)c3)[nH]c(=O)c2c1C. The summed E-state index contributed by atoms with van der Waals surface area (Å²) in [6.07, 6.45) is 1.58. The van der Waals surface area contributed by atoms with E-state index in [1.54, 1.807) is 24.3 Å². The Kier molecular flexibility index (Phi) is 3.72. The van der Waals surface area contributed by atoms with Crippen LogP contribution in [0.25, 0.3) is 21.9 Å². The Hall–Kier alpha value is -2.91. The average Bonchev–Trinajstić information content (AvgIpc) is 2.80. The zero-order chi connectivity index (χ0) is 16.6. The van der Waals surface area contributed by atoms with E-state index in [2.05, 4.69) is 16.0 Å². The number of aromatic hydroxyl groups is 1. The Morgan fingerprint density at radius 2 is 2.22 bits per heavy atom. The number of phenolic OH excluding ortho intramolecular Hbond substituents is 1. The first-order chi connectivity index (χ1) is 11.0. The molecule has 0 fully saturated rings. The van der Waals surface area contributed by atoms with Crippen molar-refractivity contribution in [1.29, 1.82) is 5.26 Å². The minimum atomic E-state index is -0.246. The van der Waals surface area contributed by atoms with Crippen molar-refractivity contribution in [2.75, 3.05) is 0 Å². The van der Waals surface area contributed by atoms with Crippen molar-refractivity contribution < 1.29 is 5.11 Å². The number of thiophene rings is 1. The minimum absolute atomic E-state index is 0.109. The normalized spacial score (nSPS) is 11.6. The summed E-state index contributed by atoms with van der Waals surface area (Å²) in [5.74, 6) is 0.340. The van der Waals surface area contributed by atoms with Crippen LogP contribution in [-0.2, 0) is 0 Å². The molecular formula is C17H13N3O2S. The first-order valence-corrected chi connectivity index (χ1v) is 7.72. The summed E-state index contributed by atoms with van der Waals surface area (Å²) in [6.45, 7) is 3.83. The van der Waals surface area contributed by atoms with Crippen LogP contribution in [0.3, 0.4) is 0 Å². The predicted octanol–water partition coefficient (Wildman–Crippen LogP) is 3.37. The molecule has 3 rings (SSSR count). The second-order valence-electron chi connectivity index (χ2n) is 5.14. The lowest BCUT2D eigenvalue weighted by molar-refractivity contribution is 0.475. The highest BCUT2D eigenvalue weighted by Crippen LogP contribution is 2.27. The molecule has 3 aromatic rings. The van der Waals surface area contributed by atoms with E-state index in [0.717, 1.165) is 10.4 Å². The third-order valence-electron chi connectivity index (χ3n) is 3.60. The van der Waals surface area contributed by atoms with Gasteiger partial charge in [-0.05, 0) is 43.2 Å². The summed E-state index contributed by atoms with van der Waals surface area (Å²) in [4.78, 5) is 21.0. The van der Waals surface area contributed by atoms with Crippen molar-refractivity contribution in [1.82, 2.24) is 9.97 Å². The molecule has 2 N–H and O–H groups in total. The number of nitriles is 1. The number of phenols is 1. The number of nitrogens with one attached hydrogen (secondary N) is 1. The van der Waals surface area contributed by atoms with Gasteiger partial charge in [0.05, 0.1) is 11.0 Å². The van der Waals surface area contributed by atoms with Crippen LogP contribution in [0.15, 0.2) is 29.1 Å². The third kappa shape index (κ3) is 2.74. The number of H-pyrrole nitrogens is 1. The maximum atomic E-state index is 12.3.